The van der Waals surface area contributed by atoms with E-state index in [9.17, 15) is 4.79 Å². The number of carbonyl (C=O) groups is 1. The Balaban J connectivity index is 3.27. The Labute approximate surface area is 73.9 Å². The van der Waals surface area contributed by atoms with Gasteiger partial charge in [0.25, 0.3) is 0 Å². The summed E-state index contributed by atoms with van der Waals surface area (Å²) in [7, 11) is 0. The maximum Gasteiger partial charge on any atom is 0.328 e. The predicted octanol–water partition coefficient (Wildman–Crippen LogP) is 1.13. The maximum absolute atomic E-state index is 9.95. The molecule has 0 aliphatic carbocycles. The van der Waals surface area contributed by atoms with Crippen molar-refractivity contribution in [2.75, 3.05) is 13.1 Å². The van der Waals surface area contributed by atoms with Gasteiger partial charge in [-0.2, -0.15) is 0 Å². The molecule has 0 radical (unpaired) electrons. The fraction of sp³-hybridized carbons (Fsp3) is 0.286. The molecule has 3 nitrogen and oxygen atoms in total. The highest BCUT2D eigenvalue weighted by Gasteiger charge is 1.86. The van der Waals surface area contributed by atoms with E-state index >= 15 is 0 Å². The van der Waals surface area contributed by atoms with Crippen LogP contribution in [0.15, 0.2) is 23.2 Å². The number of hydrogen-bond donors (Lipinski definition) is 2. The average molecular weight is 220 g/mol. The van der Waals surface area contributed by atoms with Gasteiger partial charge in [0.15, 0.2) is 0 Å². The molecule has 0 unspecified atom stereocenters. The van der Waals surface area contributed by atoms with Gasteiger partial charge in [0.2, 0.25) is 0 Å². The van der Waals surface area contributed by atoms with Crippen molar-refractivity contribution in [3.8, 4) is 0 Å². The van der Waals surface area contributed by atoms with Crippen LogP contribution in [0.25, 0.3) is 0 Å². The molecular formula is C7H10BrNO2. The quantitative estimate of drug-likeness (QED) is 0.539. The number of carboxylic acids is 1. The van der Waals surface area contributed by atoms with Crippen LogP contribution in [0, 0.1) is 0 Å². The van der Waals surface area contributed by atoms with Crippen LogP contribution in [-0.2, 0) is 4.79 Å². The minimum Gasteiger partial charge on any atom is -0.478 e. The first-order valence-electron chi connectivity index (χ1n) is 3.06. The van der Waals surface area contributed by atoms with Gasteiger partial charge in [-0.1, -0.05) is 28.6 Å². The van der Waals surface area contributed by atoms with Crippen molar-refractivity contribution in [3.05, 3.63) is 23.2 Å². The minimum atomic E-state index is -0.926. The van der Waals surface area contributed by atoms with Gasteiger partial charge in [0.1, 0.15) is 0 Å². The molecule has 0 aromatic carbocycles. The summed E-state index contributed by atoms with van der Waals surface area (Å²) < 4.78 is 0.848. The van der Waals surface area contributed by atoms with E-state index in [0.29, 0.717) is 13.1 Å². The van der Waals surface area contributed by atoms with E-state index in [0.717, 1.165) is 10.6 Å². The smallest absolute Gasteiger partial charge is 0.328 e. The molecule has 0 saturated heterocycles. The van der Waals surface area contributed by atoms with Crippen LogP contribution in [0.4, 0.5) is 0 Å². The normalized spacial score (nSPS) is 10.3. The van der Waals surface area contributed by atoms with Crippen LogP contribution in [-0.4, -0.2) is 24.2 Å². The summed E-state index contributed by atoms with van der Waals surface area (Å²) in [5, 5.41) is 11.1. The Morgan fingerprint density at radius 3 is 2.82 bits per heavy atom. The molecule has 0 amide bonds. The van der Waals surface area contributed by atoms with Gasteiger partial charge in [-0.05, 0) is 0 Å². The van der Waals surface area contributed by atoms with E-state index in [1.54, 1.807) is 0 Å². The molecule has 0 atom stereocenters. The van der Waals surface area contributed by atoms with E-state index in [4.69, 9.17) is 5.11 Å². The van der Waals surface area contributed by atoms with Crippen molar-refractivity contribution in [1.82, 2.24) is 5.32 Å². The zero-order valence-electron chi connectivity index (χ0n) is 6.01. The summed E-state index contributed by atoms with van der Waals surface area (Å²) in [6.45, 7) is 4.78. The summed E-state index contributed by atoms with van der Waals surface area (Å²) in [5.41, 5.74) is 0. The fourth-order valence-electron chi connectivity index (χ4n) is 0.451. The number of carboxylic acid groups (broad SMARTS) is 1. The lowest BCUT2D eigenvalue weighted by atomic mass is 10.5. The number of hydrogen-bond acceptors (Lipinski definition) is 2. The average Bonchev–Trinajstić information content (AvgIpc) is 1.85. The number of aliphatic carboxylic acids is 1. The molecule has 0 rings (SSSR count). The predicted molar refractivity (Wildman–Crippen MR) is 47.7 cm³/mol. The zero-order chi connectivity index (χ0) is 8.69. The Morgan fingerprint density at radius 2 is 2.36 bits per heavy atom. The van der Waals surface area contributed by atoms with Gasteiger partial charge in [0, 0.05) is 23.6 Å². The van der Waals surface area contributed by atoms with Crippen LogP contribution < -0.4 is 5.32 Å². The Hall–Kier alpha value is -0.610. The lowest BCUT2D eigenvalue weighted by molar-refractivity contribution is -0.131. The molecule has 62 valence electrons. The van der Waals surface area contributed by atoms with Crippen molar-refractivity contribution < 1.29 is 9.90 Å². The van der Waals surface area contributed by atoms with Gasteiger partial charge in [0.05, 0.1) is 0 Å². The van der Waals surface area contributed by atoms with Crippen molar-refractivity contribution >= 4 is 21.9 Å². The highest BCUT2D eigenvalue weighted by atomic mass is 79.9. The molecule has 0 bridgehead atoms. The third kappa shape index (κ3) is 9.39. The molecule has 0 fully saturated rings. The standard InChI is InChI=1S/C7H10BrNO2/c1-6(8)5-9-4-2-3-7(10)11/h2-3,9H,1,4-5H2,(H,10,11)/b3-2+. The van der Waals surface area contributed by atoms with Crippen LogP contribution in [0.1, 0.15) is 0 Å². The van der Waals surface area contributed by atoms with E-state index in [2.05, 4.69) is 27.8 Å². The Bertz CT molecular complexity index is 177. The summed E-state index contributed by atoms with van der Waals surface area (Å²) >= 11 is 3.16. The molecule has 0 aliphatic heterocycles. The van der Waals surface area contributed by atoms with E-state index in [1.165, 1.54) is 6.08 Å². The second-order valence-electron chi connectivity index (χ2n) is 1.89. The molecule has 0 aromatic rings. The highest BCUT2D eigenvalue weighted by Crippen LogP contribution is 1.95. The molecule has 2 N–H and O–H groups in total. The first-order valence-corrected chi connectivity index (χ1v) is 3.85. The number of rotatable bonds is 5. The van der Waals surface area contributed by atoms with Gasteiger partial charge in [-0.25, -0.2) is 4.79 Å². The second-order valence-corrected chi connectivity index (χ2v) is 3.01. The molecule has 0 spiro atoms. The molecule has 4 heteroatoms. The molecule has 0 saturated carbocycles. The van der Waals surface area contributed by atoms with Gasteiger partial charge >= 0.3 is 5.97 Å². The topological polar surface area (TPSA) is 49.3 Å². The van der Waals surface area contributed by atoms with Crippen molar-refractivity contribution in [1.29, 1.82) is 0 Å². The van der Waals surface area contributed by atoms with Gasteiger partial charge in [-0.15, -0.1) is 0 Å². The number of halogens is 1. The molecular weight excluding hydrogens is 210 g/mol. The largest absolute Gasteiger partial charge is 0.478 e. The third-order valence-electron chi connectivity index (χ3n) is 0.839. The first-order chi connectivity index (χ1) is 5.13. The summed E-state index contributed by atoms with van der Waals surface area (Å²) in [4.78, 5) is 9.95. The van der Waals surface area contributed by atoms with E-state index in [1.807, 2.05) is 0 Å². The minimum absolute atomic E-state index is 0.539. The molecule has 11 heavy (non-hydrogen) atoms. The van der Waals surface area contributed by atoms with Crippen LogP contribution in [0.5, 0.6) is 0 Å². The fourth-order valence-corrected chi connectivity index (χ4v) is 0.649. The van der Waals surface area contributed by atoms with E-state index < -0.39 is 5.97 Å². The summed E-state index contributed by atoms with van der Waals surface area (Å²) in [6.07, 6.45) is 2.64. The number of nitrogens with one attached hydrogen (secondary N) is 1. The molecule has 0 aromatic heterocycles. The Morgan fingerprint density at radius 1 is 1.73 bits per heavy atom. The summed E-state index contributed by atoms with van der Waals surface area (Å²) in [6, 6.07) is 0. The SMILES string of the molecule is C=C(Br)CNC/C=C/C(=O)O. The Kier molecular flexibility index (Phi) is 5.78. The van der Waals surface area contributed by atoms with Crippen molar-refractivity contribution in [2.24, 2.45) is 0 Å². The maximum atomic E-state index is 9.95. The first kappa shape index (κ1) is 10.4. The third-order valence-corrected chi connectivity index (χ3v) is 1.12. The monoisotopic (exact) mass is 219 g/mol. The molecule has 0 heterocycles. The van der Waals surface area contributed by atoms with Crippen LogP contribution >= 0.6 is 15.9 Å². The zero-order valence-corrected chi connectivity index (χ0v) is 7.60. The van der Waals surface area contributed by atoms with E-state index in [-0.39, 0.29) is 0 Å². The highest BCUT2D eigenvalue weighted by molar-refractivity contribution is 9.11. The lowest BCUT2D eigenvalue weighted by Crippen LogP contribution is -2.14. The van der Waals surface area contributed by atoms with Gasteiger partial charge < -0.3 is 10.4 Å². The van der Waals surface area contributed by atoms with Gasteiger partial charge in [-0.3, -0.25) is 0 Å². The van der Waals surface area contributed by atoms with Crippen LogP contribution in [0.2, 0.25) is 0 Å². The lowest BCUT2D eigenvalue weighted by Gasteiger charge is -1.96. The van der Waals surface area contributed by atoms with Crippen molar-refractivity contribution in [2.45, 2.75) is 0 Å². The second kappa shape index (κ2) is 6.12. The molecule has 0 aliphatic rings. The van der Waals surface area contributed by atoms with Crippen LogP contribution in [0.3, 0.4) is 0 Å². The van der Waals surface area contributed by atoms with Crippen molar-refractivity contribution in [3.63, 3.8) is 0 Å². The summed E-state index contributed by atoms with van der Waals surface area (Å²) in [5.74, 6) is -0.926.